The van der Waals surface area contributed by atoms with E-state index in [9.17, 15) is 9.59 Å². The largest absolute Gasteiger partial charge is 0.350 e. The number of nitrogens with two attached hydrogens (primary N) is 1. The van der Waals surface area contributed by atoms with Crippen molar-refractivity contribution in [1.29, 1.82) is 0 Å². The quantitative estimate of drug-likeness (QED) is 0.844. The number of benzene rings is 1. The van der Waals surface area contributed by atoms with Crippen molar-refractivity contribution < 1.29 is 9.59 Å². The van der Waals surface area contributed by atoms with Crippen molar-refractivity contribution in [2.24, 2.45) is 5.73 Å². The fraction of sp³-hybridized carbons (Fsp3) is 0.600. The number of halogens is 1. The second kappa shape index (κ2) is 9.38. The van der Waals surface area contributed by atoms with E-state index in [1.54, 1.807) is 0 Å². The number of carbonyl (C=O) groups excluding carboxylic acids is 2. The Morgan fingerprint density at radius 2 is 1.54 bits per heavy atom. The van der Waals surface area contributed by atoms with E-state index in [0.29, 0.717) is 6.54 Å². The van der Waals surface area contributed by atoms with Gasteiger partial charge >= 0.3 is 0 Å². The summed E-state index contributed by atoms with van der Waals surface area (Å²) in [6.07, 6.45) is 8.15. The van der Waals surface area contributed by atoms with E-state index >= 15 is 0 Å². The highest BCUT2D eigenvalue weighted by Gasteiger charge is 2.34. The average molecular weight is 380 g/mol. The van der Waals surface area contributed by atoms with Crippen LogP contribution in [0.5, 0.6) is 0 Å². The molecule has 2 amide bonds. The molecule has 26 heavy (non-hydrogen) atoms. The highest BCUT2D eigenvalue weighted by atomic mass is 35.5. The molecule has 0 bridgehead atoms. The van der Waals surface area contributed by atoms with Crippen LogP contribution in [-0.4, -0.2) is 35.3 Å². The summed E-state index contributed by atoms with van der Waals surface area (Å²) in [4.78, 5) is 26.8. The van der Waals surface area contributed by atoms with Gasteiger partial charge in [-0.3, -0.25) is 9.59 Å². The Morgan fingerprint density at radius 1 is 0.962 bits per heavy atom. The van der Waals surface area contributed by atoms with Crippen molar-refractivity contribution >= 4 is 24.2 Å². The summed E-state index contributed by atoms with van der Waals surface area (Å²) in [7, 11) is 0. The lowest BCUT2D eigenvalue weighted by atomic mass is 9.82. The maximum Gasteiger partial charge on any atom is 0.253 e. The minimum absolute atomic E-state index is 0. The number of rotatable bonds is 4. The van der Waals surface area contributed by atoms with Crippen molar-refractivity contribution in [2.75, 3.05) is 13.1 Å². The van der Waals surface area contributed by atoms with E-state index in [0.717, 1.165) is 62.7 Å². The van der Waals surface area contributed by atoms with Crippen LogP contribution in [0.3, 0.4) is 0 Å². The third-order valence-electron chi connectivity index (χ3n) is 5.50. The van der Waals surface area contributed by atoms with Gasteiger partial charge in [0, 0.05) is 25.2 Å². The van der Waals surface area contributed by atoms with Crippen LogP contribution in [-0.2, 0) is 11.3 Å². The smallest absolute Gasteiger partial charge is 0.253 e. The zero-order valence-electron chi connectivity index (χ0n) is 15.3. The van der Waals surface area contributed by atoms with E-state index < -0.39 is 5.54 Å². The molecule has 5 nitrogen and oxygen atoms in total. The standard InChI is InChI=1S/C20H29N3O2.ClH/c21-20(11-3-1-4-12-20)19(25)22-15-16-7-9-17(10-8-16)18(24)23-13-5-2-6-14-23;/h7-10H,1-6,11-15,21H2,(H,22,25);1H. The second-order valence-corrected chi connectivity index (χ2v) is 7.45. The Bertz CT molecular complexity index is 606. The van der Waals surface area contributed by atoms with Crippen molar-refractivity contribution in [3.05, 3.63) is 35.4 Å². The lowest BCUT2D eigenvalue weighted by molar-refractivity contribution is -0.127. The molecular weight excluding hydrogens is 350 g/mol. The fourth-order valence-corrected chi connectivity index (χ4v) is 3.81. The maximum absolute atomic E-state index is 12.5. The summed E-state index contributed by atoms with van der Waals surface area (Å²) in [5.74, 6) is 0.0547. The number of piperidine rings is 1. The Kier molecular flexibility index (Phi) is 7.47. The molecular formula is C20H30ClN3O2. The van der Waals surface area contributed by atoms with Gasteiger partial charge in [0.2, 0.25) is 5.91 Å². The van der Waals surface area contributed by atoms with Gasteiger partial charge in [0.15, 0.2) is 0 Å². The molecule has 1 aromatic carbocycles. The van der Waals surface area contributed by atoms with Crippen molar-refractivity contribution in [3.8, 4) is 0 Å². The van der Waals surface area contributed by atoms with Crippen LogP contribution in [0.2, 0.25) is 0 Å². The number of amides is 2. The van der Waals surface area contributed by atoms with Gasteiger partial charge in [-0.1, -0.05) is 31.4 Å². The molecule has 0 unspecified atom stereocenters. The fourth-order valence-electron chi connectivity index (χ4n) is 3.81. The van der Waals surface area contributed by atoms with E-state index in [2.05, 4.69) is 5.32 Å². The molecule has 0 spiro atoms. The highest BCUT2D eigenvalue weighted by Crippen LogP contribution is 2.26. The van der Waals surface area contributed by atoms with Gasteiger partial charge in [-0.15, -0.1) is 12.4 Å². The first-order valence-electron chi connectivity index (χ1n) is 9.54. The molecule has 0 atom stereocenters. The Morgan fingerprint density at radius 3 is 2.15 bits per heavy atom. The molecule has 1 saturated heterocycles. The summed E-state index contributed by atoms with van der Waals surface area (Å²) < 4.78 is 0. The minimum Gasteiger partial charge on any atom is -0.350 e. The summed E-state index contributed by atoms with van der Waals surface area (Å²) in [6.45, 7) is 2.17. The number of hydrogen-bond donors (Lipinski definition) is 2. The molecule has 3 N–H and O–H groups in total. The van der Waals surface area contributed by atoms with Crippen molar-refractivity contribution in [3.63, 3.8) is 0 Å². The molecule has 3 rings (SSSR count). The van der Waals surface area contributed by atoms with Crippen molar-refractivity contribution in [1.82, 2.24) is 10.2 Å². The zero-order chi connectivity index (χ0) is 17.7. The van der Waals surface area contributed by atoms with E-state index in [1.165, 1.54) is 12.8 Å². The third kappa shape index (κ3) is 4.98. The first-order chi connectivity index (χ1) is 12.1. The van der Waals surface area contributed by atoms with Crippen LogP contribution in [0.25, 0.3) is 0 Å². The number of nitrogens with zero attached hydrogens (tertiary/aromatic N) is 1. The topological polar surface area (TPSA) is 75.4 Å². The van der Waals surface area contributed by atoms with Gasteiger partial charge in [-0.05, 0) is 49.8 Å². The molecule has 1 aliphatic heterocycles. The van der Waals surface area contributed by atoms with Crippen LogP contribution in [0.15, 0.2) is 24.3 Å². The molecule has 1 saturated carbocycles. The number of carbonyl (C=O) groups is 2. The van der Waals surface area contributed by atoms with Gasteiger partial charge in [-0.2, -0.15) is 0 Å². The average Bonchev–Trinajstić information content (AvgIpc) is 2.67. The Balaban J connectivity index is 0.00000243. The summed E-state index contributed by atoms with van der Waals surface area (Å²) >= 11 is 0. The lowest BCUT2D eigenvalue weighted by Crippen LogP contribution is -2.54. The number of nitrogens with one attached hydrogen (secondary N) is 1. The number of likely N-dealkylation sites (tertiary alicyclic amines) is 1. The predicted octanol–water partition coefficient (Wildman–Crippen LogP) is 3.01. The lowest BCUT2D eigenvalue weighted by Gasteiger charge is -2.31. The van der Waals surface area contributed by atoms with Crippen LogP contribution in [0, 0.1) is 0 Å². The van der Waals surface area contributed by atoms with Gasteiger partial charge < -0.3 is 16.0 Å². The first-order valence-corrected chi connectivity index (χ1v) is 9.54. The van der Waals surface area contributed by atoms with Crippen LogP contribution < -0.4 is 11.1 Å². The van der Waals surface area contributed by atoms with Gasteiger partial charge in [0.25, 0.3) is 5.91 Å². The SMILES string of the molecule is Cl.NC1(C(=O)NCc2ccc(C(=O)N3CCCCC3)cc2)CCCCC1. The van der Waals surface area contributed by atoms with E-state index in [4.69, 9.17) is 5.73 Å². The third-order valence-corrected chi connectivity index (χ3v) is 5.50. The normalized spacial score (nSPS) is 19.3. The number of hydrogen-bond acceptors (Lipinski definition) is 3. The van der Waals surface area contributed by atoms with Crippen LogP contribution >= 0.6 is 12.4 Å². The first kappa shape index (κ1) is 20.7. The zero-order valence-corrected chi connectivity index (χ0v) is 16.2. The molecule has 2 aliphatic rings. The van der Waals surface area contributed by atoms with Gasteiger partial charge in [0.1, 0.15) is 0 Å². The minimum atomic E-state index is -0.706. The summed E-state index contributed by atoms with van der Waals surface area (Å²) in [5.41, 5.74) is 7.26. The van der Waals surface area contributed by atoms with Crippen molar-refractivity contribution in [2.45, 2.75) is 63.5 Å². The maximum atomic E-state index is 12.5. The van der Waals surface area contributed by atoms with Gasteiger partial charge in [0.05, 0.1) is 5.54 Å². The van der Waals surface area contributed by atoms with E-state index in [-0.39, 0.29) is 24.2 Å². The molecule has 1 aromatic rings. The Labute approximate surface area is 162 Å². The highest BCUT2D eigenvalue weighted by molar-refractivity contribution is 5.94. The van der Waals surface area contributed by atoms with E-state index in [1.807, 2.05) is 29.2 Å². The van der Waals surface area contributed by atoms with Crippen LogP contribution in [0.1, 0.15) is 67.3 Å². The second-order valence-electron chi connectivity index (χ2n) is 7.45. The molecule has 2 fully saturated rings. The molecule has 144 valence electrons. The molecule has 1 heterocycles. The Hall–Kier alpha value is -1.59. The predicted molar refractivity (Wildman–Crippen MR) is 105 cm³/mol. The monoisotopic (exact) mass is 379 g/mol. The summed E-state index contributed by atoms with van der Waals surface area (Å²) in [6, 6.07) is 7.55. The summed E-state index contributed by atoms with van der Waals surface area (Å²) in [5, 5.41) is 2.96. The molecule has 0 radical (unpaired) electrons. The molecule has 1 aliphatic carbocycles. The molecule has 0 aromatic heterocycles. The van der Waals surface area contributed by atoms with Gasteiger partial charge in [-0.25, -0.2) is 0 Å². The van der Waals surface area contributed by atoms with Crippen LogP contribution in [0.4, 0.5) is 0 Å². The molecule has 6 heteroatoms.